The number of ether oxygens (including phenoxy) is 1. The molecule has 2 rings (SSSR count). The Bertz CT molecular complexity index is 343. The zero-order chi connectivity index (χ0) is 15.2. The number of likely N-dealkylation sites (tertiary alicyclic amines) is 1. The summed E-state index contributed by atoms with van der Waals surface area (Å²) in [5.41, 5.74) is 5.91. The van der Waals surface area contributed by atoms with Crippen LogP contribution in [-0.2, 0) is 9.53 Å². The van der Waals surface area contributed by atoms with E-state index in [1.54, 1.807) is 0 Å². The second-order valence-corrected chi connectivity index (χ2v) is 6.36. The van der Waals surface area contributed by atoms with E-state index >= 15 is 0 Å². The van der Waals surface area contributed by atoms with Crippen LogP contribution >= 0.6 is 24.8 Å². The molecule has 0 spiro atoms. The van der Waals surface area contributed by atoms with Crippen LogP contribution in [0, 0.1) is 5.92 Å². The van der Waals surface area contributed by atoms with Crippen LogP contribution in [0.4, 0.5) is 0 Å². The summed E-state index contributed by atoms with van der Waals surface area (Å²) in [6.07, 6.45) is 4.02. The molecule has 1 aliphatic heterocycles. The lowest BCUT2D eigenvalue weighted by Gasteiger charge is -2.21. The van der Waals surface area contributed by atoms with Crippen molar-refractivity contribution in [3.05, 3.63) is 0 Å². The number of nitrogens with two attached hydrogens (primary N) is 1. The van der Waals surface area contributed by atoms with E-state index in [4.69, 9.17) is 10.5 Å². The molecule has 1 saturated carbocycles. The van der Waals surface area contributed by atoms with Gasteiger partial charge in [-0.25, -0.2) is 0 Å². The zero-order valence-corrected chi connectivity index (χ0v) is 16.0. The molecule has 3 unspecified atom stereocenters. The monoisotopic (exact) mass is 369 g/mol. The maximum atomic E-state index is 12.4. The number of likely N-dealkylation sites (N-methyl/N-ethyl adjacent to an activating group) is 1. The maximum absolute atomic E-state index is 12.4. The predicted octanol–water partition coefficient (Wildman–Crippen LogP) is 1.92. The summed E-state index contributed by atoms with van der Waals surface area (Å²) in [4.78, 5) is 16.8. The average Bonchev–Trinajstić information content (AvgIpc) is 3.12. The molecule has 138 valence electrons. The first-order chi connectivity index (χ1) is 10.1. The van der Waals surface area contributed by atoms with Gasteiger partial charge in [0.1, 0.15) is 0 Å². The number of halogens is 2. The number of amides is 1. The third-order valence-electron chi connectivity index (χ3n) is 4.93. The molecule has 0 radical (unpaired) electrons. The van der Waals surface area contributed by atoms with E-state index in [0.717, 1.165) is 65.0 Å². The van der Waals surface area contributed by atoms with Crippen molar-refractivity contribution in [2.24, 2.45) is 11.7 Å². The number of nitrogens with zero attached hydrogens (tertiary/aromatic N) is 2. The SMILES string of the molecule is CCN(CC)CCOC1CCN(C(=O)C2CCC(N)C2)C1.Cl.Cl. The Labute approximate surface area is 153 Å². The number of carbonyl (C=O) groups is 1. The van der Waals surface area contributed by atoms with Crippen LogP contribution in [0.3, 0.4) is 0 Å². The molecule has 0 aromatic carbocycles. The fourth-order valence-corrected chi connectivity index (χ4v) is 3.45. The highest BCUT2D eigenvalue weighted by Gasteiger charge is 2.34. The zero-order valence-electron chi connectivity index (χ0n) is 14.4. The molecule has 0 aromatic rings. The van der Waals surface area contributed by atoms with Gasteiger partial charge >= 0.3 is 0 Å². The molecule has 1 amide bonds. The van der Waals surface area contributed by atoms with Crippen LogP contribution in [0.25, 0.3) is 0 Å². The van der Waals surface area contributed by atoms with Gasteiger partial charge in [-0.1, -0.05) is 13.8 Å². The Hall–Kier alpha value is -0.0700. The van der Waals surface area contributed by atoms with Gasteiger partial charge in [-0.15, -0.1) is 24.8 Å². The molecular weight excluding hydrogens is 337 g/mol. The van der Waals surface area contributed by atoms with E-state index in [0.29, 0.717) is 5.91 Å². The maximum Gasteiger partial charge on any atom is 0.225 e. The Balaban J connectivity index is 0.00000242. The normalized spacial score (nSPS) is 27.0. The molecule has 1 heterocycles. The van der Waals surface area contributed by atoms with Crippen molar-refractivity contribution in [3.8, 4) is 0 Å². The quantitative estimate of drug-likeness (QED) is 0.744. The van der Waals surface area contributed by atoms with Gasteiger partial charge < -0.3 is 20.3 Å². The molecule has 2 N–H and O–H groups in total. The lowest BCUT2D eigenvalue weighted by atomic mass is 10.1. The van der Waals surface area contributed by atoms with Gasteiger partial charge in [-0.05, 0) is 38.8 Å². The summed E-state index contributed by atoms with van der Waals surface area (Å²) in [6, 6.07) is 0.225. The van der Waals surface area contributed by atoms with Crippen LogP contribution in [-0.4, -0.2) is 67.2 Å². The van der Waals surface area contributed by atoms with Crippen molar-refractivity contribution in [3.63, 3.8) is 0 Å². The van der Waals surface area contributed by atoms with Crippen molar-refractivity contribution < 1.29 is 9.53 Å². The number of hydrogen-bond acceptors (Lipinski definition) is 4. The smallest absolute Gasteiger partial charge is 0.225 e. The van der Waals surface area contributed by atoms with Crippen LogP contribution in [0.1, 0.15) is 39.5 Å². The van der Waals surface area contributed by atoms with Crippen molar-refractivity contribution in [2.45, 2.75) is 51.7 Å². The Morgan fingerprint density at radius 2 is 1.91 bits per heavy atom. The van der Waals surface area contributed by atoms with E-state index in [9.17, 15) is 4.79 Å². The molecule has 7 heteroatoms. The van der Waals surface area contributed by atoms with E-state index in [2.05, 4.69) is 18.7 Å². The first kappa shape index (κ1) is 22.9. The van der Waals surface area contributed by atoms with Gasteiger partial charge in [0.2, 0.25) is 5.91 Å². The number of hydrogen-bond donors (Lipinski definition) is 1. The molecule has 5 nitrogen and oxygen atoms in total. The highest BCUT2D eigenvalue weighted by Crippen LogP contribution is 2.27. The van der Waals surface area contributed by atoms with Crippen LogP contribution in [0.2, 0.25) is 0 Å². The van der Waals surface area contributed by atoms with Gasteiger partial charge in [0, 0.05) is 31.6 Å². The molecule has 0 aromatic heterocycles. The molecule has 2 aliphatic rings. The van der Waals surface area contributed by atoms with Gasteiger partial charge in [-0.3, -0.25) is 4.79 Å². The first-order valence-corrected chi connectivity index (χ1v) is 8.52. The number of carbonyl (C=O) groups excluding carboxylic acids is 1. The topological polar surface area (TPSA) is 58.8 Å². The van der Waals surface area contributed by atoms with Crippen molar-refractivity contribution in [2.75, 3.05) is 39.3 Å². The highest BCUT2D eigenvalue weighted by molar-refractivity contribution is 5.85. The molecule has 1 aliphatic carbocycles. The van der Waals surface area contributed by atoms with Gasteiger partial charge in [0.05, 0.1) is 12.7 Å². The number of rotatable bonds is 7. The van der Waals surface area contributed by atoms with Crippen molar-refractivity contribution in [1.82, 2.24) is 9.80 Å². The molecule has 1 saturated heterocycles. The second-order valence-electron chi connectivity index (χ2n) is 6.36. The minimum Gasteiger partial charge on any atom is -0.375 e. The summed E-state index contributed by atoms with van der Waals surface area (Å²) >= 11 is 0. The van der Waals surface area contributed by atoms with E-state index in [1.165, 1.54) is 0 Å². The van der Waals surface area contributed by atoms with Crippen LogP contribution in [0.5, 0.6) is 0 Å². The van der Waals surface area contributed by atoms with Crippen molar-refractivity contribution in [1.29, 1.82) is 0 Å². The molecule has 0 bridgehead atoms. The van der Waals surface area contributed by atoms with Gasteiger partial charge in [0.15, 0.2) is 0 Å². The predicted molar refractivity (Wildman–Crippen MR) is 98.5 cm³/mol. The standard InChI is InChI=1S/C16H31N3O2.2ClH/c1-3-18(4-2)9-10-21-15-7-8-19(12-15)16(20)13-5-6-14(17)11-13;;/h13-15H,3-12,17H2,1-2H3;2*1H. The third-order valence-corrected chi connectivity index (χ3v) is 4.93. The van der Waals surface area contributed by atoms with Crippen molar-refractivity contribution >= 4 is 30.7 Å². The third kappa shape index (κ3) is 6.75. The molecule has 23 heavy (non-hydrogen) atoms. The summed E-state index contributed by atoms with van der Waals surface area (Å²) in [7, 11) is 0. The Morgan fingerprint density at radius 1 is 1.22 bits per heavy atom. The molecule has 3 atom stereocenters. The fraction of sp³-hybridized carbons (Fsp3) is 0.938. The fourth-order valence-electron chi connectivity index (χ4n) is 3.45. The molecule has 2 fully saturated rings. The Kier molecular flexibility index (Phi) is 11.4. The minimum atomic E-state index is 0. The largest absolute Gasteiger partial charge is 0.375 e. The average molecular weight is 370 g/mol. The summed E-state index contributed by atoms with van der Waals surface area (Å²) in [5, 5.41) is 0. The Morgan fingerprint density at radius 3 is 2.48 bits per heavy atom. The highest BCUT2D eigenvalue weighted by atomic mass is 35.5. The van der Waals surface area contributed by atoms with Gasteiger partial charge in [0.25, 0.3) is 0 Å². The van der Waals surface area contributed by atoms with Crippen LogP contribution < -0.4 is 5.73 Å². The summed E-state index contributed by atoms with van der Waals surface area (Å²) in [6.45, 7) is 9.84. The molecular formula is C16H33Cl2N3O2. The second kappa shape index (κ2) is 11.5. The van der Waals surface area contributed by atoms with Crippen LogP contribution in [0.15, 0.2) is 0 Å². The first-order valence-electron chi connectivity index (χ1n) is 8.52. The van der Waals surface area contributed by atoms with E-state index < -0.39 is 0 Å². The summed E-state index contributed by atoms with van der Waals surface area (Å²) in [5.74, 6) is 0.465. The lowest BCUT2D eigenvalue weighted by Crippen LogP contribution is -2.35. The minimum absolute atomic E-state index is 0. The summed E-state index contributed by atoms with van der Waals surface area (Å²) < 4.78 is 5.94. The van der Waals surface area contributed by atoms with Gasteiger partial charge in [-0.2, -0.15) is 0 Å². The van der Waals surface area contributed by atoms with E-state index in [-0.39, 0.29) is 42.9 Å². The van der Waals surface area contributed by atoms with E-state index in [1.807, 2.05) is 4.90 Å². The lowest BCUT2D eigenvalue weighted by molar-refractivity contribution is -0.134.